The molecular weight excluding hydrogens is 176 g/mol. The molecule has 4 nitrogen and oxygen atoms in total. The standard InChI is InChI=1S/C10H10N4/c1-7-9-5-3-2-4-8(9)6-10(12-7)13-14-11/h2-5,10H,6H2,1H3. The van der Waals surface area contributed by atoms with E-state index in [4.69, 9.17) is 5.53 Å². The van der Waals surface area contributed by atoms with Gasteiger partial charge < -0.3 is 0 Å². The lowest BCUT2D eigenvalue weighted by atomic mass is 9.97. The first kappa shape index (κ1) is 8.78. The summed E-state index contributed by atoms with van der Waals surface area (Å²) in [5.74, 6) is 0. The average Bonchev–Trinajstić information content (AvgIpc) is 2.18. The number of hydrogen-bond acceptors (Lipinski definition) is 2. The number of nitrogens with zero attached hydrogens (tertiary/aromatic N) is 4. The first-order chi connectivity index (χ1) is 6.81. The van der Waals surface area contributed by atoms with Crippen LogP contribution in [-0.4, -0.2) is 11.9 Å². The smallest absolute Gasteiger partial charge is 0.133 e. The Balaban J connectivity index is 2.44. The van der Waals surface area contributed by atoms with E-state index in [1.54, 1.807) is 0 Å². The van der Waals surface area contributed by atoms with Crippen LogP contribution in [0.4, 0.5) is 0 Å². The van der Waals surface area contributed by atoms with Crippen LogP contribution >= 0.6 is 0 Å². The van der Waals surface area contributed by atoms with Crippen molar-refractivity contribution in [2.75, 3.05) is 0 Å². The van der Waals surface area contributed by atoms with Crippen molar-refractivity contribution in [2.45, 2.75) is 19.5 Å². The van der Waals surface area contributed by atoms with Gasteiger partial charge in [-0.1, -0.05) is 29.4 Å². The fourth-order valence-electron chi connectivity index (χ4n) is 1.71. The van der Waals surface area contributed by atoms with Crippen LogP contribution < -0.4 is 0 Å². The predicted octanol–water partition coefficient (Wildman–Crippen LogP) is 2.69. The zero-order chi connectivity index (χ0) is 9.97. The monoisotopic (exact) mass is 186 g/mol. The normalized spacial score (nSPS) is 19.2. The summed E-state index contributed by atoms with van der Waals surface area (Å²) in [4.78, 5) is 7.09. The van der Waals surface area contributed by atoms with Crippen molar-refractivity contribution in [3.8, 4) is 0 Å². The van der Waals surface area contributed by atoms with Crippen LogP contribution in [0.3, 0.4) is 0 Å². The van der Waals surface area contributed by atoms with Gasteiger partial charge in [-0.3, -0.25) is 4.99 Å². The molecular formula is C10H10N4. The summed E-state index contributed by atoms with van der Waals surface area (Å²) in [5, 5.41) is 3.63. The highest BCUT2D eigenvalue weighted by molar-refractivity contribution is 6.00. The molecule has 0 radical (unpaired) electrons. The minimum atomic E-state index is -0.269. The van der Waals surface area contributed by atoms with E-state index in [-0.39, 0.29) is 6.17 Å². The van der Waals surface area contributed by atoms with E-state index >= 15 is 0 Å². The lowest BCUT2D eigenvalue weighted by Gasteiger charge is -2.18. The first-order valence-electron chi connectivity index (χ1n) is 4.48. The van der Waals surface area contributed by atoms with Gasteiger partial charge in [0.2, 0.25) is 0 Å². The van der Waals surface area contributed by atoms with Gasteiger partial charge in [0.1, 0.15) is 6.17 Å². The summed E-state index contributed by atoms with van der Waals surface area (Å²) in [6.07, 6.45) is 0.437. The second-order valence-corrected chi connectivity index (χ2v) is 3.26. The fourth-order valence-corrected chi connectivity index (χ4v) is 1.71. The maximum Gasteiger partial charge on any atom is 0.133 e. The van der Waals surface area contributed by atoms with Gasteiger partial charge in [-0.2, -0.15) is 0 Å². The van der Waals surface area contributed by atoms with E-state index in [1.807, 2.05) is 31.2 Å². The molecule has 1 unspecified atom stereocenters. The summed E-state index contributed by atoms with van der Waals surface area (Å²) in [7, 11) is 0. The second-order valence-electron chi connectivity index (χ2n) is 3.26. The van der Waals surface area contributed by atoms with Crippen molar-refractivity contribution in [3.05, 3.63) is 45.8 Å². The highest BCUT2D eigenvalue weighted by atomic mass is 15.2. The molecule has 0 fully saturated rings. The van der Waals surface area contributed by atoms with Crippen LogP contribution in [0.25, 0.3) is 10.4 Å². The predicted molar refractivity (Wildman–Crippen MR) is 55.3 cm³/mol. The Morgan fingerprint density at radius 1 is 1.50 bits per heavy atom. The van der Waals surface area contributed by atoms with Gasteiger partial charge in [-0.05, 0) is 23.6 Å². The van der Waals surface area contributed by atoms with Gasteiger partial charge in [0.15, 0.2) is 0 Å². The Hall–Kier alpha value is -1.80. The summed E-state index contributed by atoms with van der Waals surface area (Å²) in [5.41, 5.74) is 11.7. The van der Waals surface area contributed by atoms with E-state index in [1.165, 1.54) is 5.56 Å². The fraction of sp³-hybridized carbons (Fsp3) is 0.300. The van der Waals surface area contributed by atoms with Crippen molar-refractivity contribution >= 4 is 5.71 Å². The zero-order valence-corrected chi connectivity index (χ0v) is 7.88. The third-order valence-electron chi connectivity index (χ3n) is 2.34. The molecule has 4 heteroatoms. The van der Waals surface area contributed by atoms with E-state index in [2.05, 4.69) is 15.0 Å². The molecule has 0 saturated carbocycles. The molecule has 1 heterocycles. The van der Waals surface area contributed by atoms with Gasteiger partial charge in [0, 0.05) is 17.0 Å². The van der Waals surface area contributed by atoms with Crippen LogP contribution in [-0.2, 0) is 6.42 Å². The third kappa shape index (κ3) is 1.47. The van der Waals surface area contributed by atoms with Crippen molar-refractivity contribution in [3.63, 3.8) is 0 Å². The van der Waals surface area contributed by atoms with Crippen LogP contribution in [0.15, 0.2) is 34.4 Å². The molecule has 1 aliphatic heterocycles. The second kappa shape index (κ2) is 3.52. The minimum absolute atomic E-state index is 0.269. The number of azide groups is 1. The van der Waals surface area contributed by atoms with E-state index in [0.717, 1.165) is 11.3 Å². The summed E-state index contributed by atoms with van der Waals surface area (Å²) in [6, 6.07) is 8.07. The van der Waals surface area contributed by atoms with Crippen molar-refractivity contribution < 1.29 is 0 Å². The maximum absolute atomic E-state index is 8.34. The van der Waals surface area contributed by atoms with Crippen LogP contribution in [0.5, 0.6) is 0 Å². The molecule has 0 aliphatic carbocycles. The molecule has 1 aromatic carbocycles. The Bertz CT molecular complexity index is 430. The topological polar surface area (TPSA) is 61.1 Å². The highest BCUT2D eigenvalue weighted by Gasteiger charge is 2.16. The van der Waals surface area contributed by atoms with Gasteiger partial charge in [-0.25, -0.2) is 0 Å². The number of aliphatic imine (C=N–C) groups is 1. The number of benzene rings is 1. The van der Waals surface area contributed by atoms with Gasteiger partial charge in [0.05, 0.1) is 0 Å². The first-order valence-corrected chi connectivity index (χ1v) is 4.48. The van der Waals surface area contributed by atoms with Crippen LogP contribution in [0, 0.1) is 0 Å². The Morgan fingerprint density at radius 2 is 2.29 bits per heavy atom. The molecule has 0 aromatic heterocycles. The Labute approximate surface area is 81.9 Å². The average molecular weight is 186 g/mol. The lowest BCUT2D eigenvalue weighted by Crippen LogP contribution is -2.16. The number of hydrogen-bond donors (Lipinski definition) is 0. The largest absolute Gasteiger partial charge is 0.280 e. The van der Waals surface area contributed by atoms with E-state index < -0.39 is 0 Å². The number of rotatable bonds is 1. The molecule has 1 atom stereocenters. The summed E-state index contributed by atoms with van der Waals surface area (Å²) in [6.45, 7) is 1.94. The molecule has 14 heavy (non-hydrogen) atoms. The summed E-state index contributed by atoms with van der Waals surface area (Å²) >= 11 is 0. The van der Waals surface area contributed by atoms with Crippen molar-refractivity contribution in [2.24, 2.45) is 10.1 Å². The molecule has 0 N–H and O–H groups in total. The minimum Gasteiger partial charge on any atom is -0.280 e. The van der Waals surface area contributed by atoms with Crippen LogP contribution in [0.2, 0.25) is 0 Å². The molecule has 0 amide bonds. The molecule has 2 rings (SSSR count). The molecule has 70 valence electrons. The van der Waals surface area contributed by atoms with Gasteiger partial charge >= 0.3 is 0 Å². The zero-order valence-electron chi connectivity index (χ0n) is 7.88. The summed E-state index contributed by atoms with van der Waals surface area (Å²) < 4.78 is 0. The van der Waals surface area contributed by atoms with E-state index in [9.17, 15) is 0 Å². The third-order valence-corrected chi connectivity index (χ3v) is 2.34. The molecule has 1 aliphatic rings. The molecule has 0 saturated heterocycles. The number of fused-ring (bicyclic) bond motifs is 1. The quantitative estimate of drug-likeness (QED) is 0.368. The molecule has 0 bridgehead atoms. The van der Waals surface area contributed by atoms with Crippen molar-refractivity contribution in [1.82, 2.24) is 0 Å². The van der Waals surface area contributed by atoms with Gasteiger partial charge in [0.25, 0.3) is 0 Å². The SMILES string of the molecule is CC1=NC(N=[N+]=[N-])Cc2ccccc21. The Morgan fingerprint density at radius 3 is 3.07 bits per heavy atom. The molecule has 1 aromatic rings. The van der Waals surface area contributed by atoms with E-state index in [0.29, 0.717) is 6.42 Å². The Kier molecular flexibility index (Phi) is 2.21. The molecule has 0 spiro atoms. The van der Waals surface area contributed by atoms with Crippen molar-refractivity contribution in [1.29, 1.82) is 0 Å². The van der Waals surface area contributed by atoms with Crippen LogP contribution in [0.1, 0.15) is 18.1 Å². The lowest BCUT2D eigenvalue weighted by molar-refractivity contribution is 0.688. The highest BCUT2D eigenvalue weighted by Crippen LogP contribution is 2.20. The van der Waals surface area contributed by atoms with Gasteiger partial charge in [-0.15, -0.1) is 0 Å². The maximum atomic E-state index is 8.34.